The van der Waals surface area contributed by atoms with E-state index >= 15 is 0 Å². The number of benzene rings is 1. The van der Waals surface area contributed by atoms with Crippen molar-refractivity contribution in [2.75, 3.05) is 0 Å². The van der Waals surface area contributed by atoms with Crippen molar-refractivity contribution in [2.24, 2.45) is 0 Å². The van der Waals surface area contributed by atoms with E-state index in [4.69, 9.17) is 9.47 Å². The van der Waals surface area contributed by atoms with Crippen LogP contribution in [0.1, 0.15) is 32.4 Å². The second kappa shape index (κ2) is 6.00. The third-order valence-electron chi connectivity index (χ3n) is 3.84. The normalized spacial score (nSPS) is 26.0. The van der Waals surface area contributed by atoms with Crippen molar-refractivity contribution in [1.82, 2.24) is 4.98 Å². The van der Waals surface area contributed by atoms with E-state index in [2.05, 4.69) is 18.8 Å². The number of nitrogens with zero attached hydrogens (tertiary/aromatic N) is 1. The smallest absolute Gasteiger partial charge is 0.131 e. The zero-order chi connectivity index (χ0) is 14.8. The molecular formula is C17H21NO3. The Kier molecular flexibility index (Phi) is 4.08. The van der Waals surface area contributed by atoms with Gasteiger partial charge in [0.1, 0.15) is 11.9 Å². The summed E-state index contributed by atoms with van der Waals surface area (Å²) in [6.45, 7) is 4.08. The predicted octanol–water partition coefficient (Wildman–Crippen LogP) is 3.06. The molecular weight excluding hydrogens is 266 g/mol. The molecule has 1 aromatic heterocycles. The van der Waals surface area contributed by atoms with E-state index in [1.807, 2.05) is 30.3 Å². The fraction of sp³-hybridized carbons (Fsp3) is 0.471. The molecule has 112 valence electrons. The molecule has 2 heterocycles. The van der Waals surface area contributed by atoms with E-state index in [0.29, 0.717) is 5.69 Å². The monoisotopic (exact) mass is 287 g/mol. The van der Waals surface area contributed by atoms with E-state index < -0.39 is 0 Å². The van der Waals surface area contributed by atoms with E-state index in [-0.39, 0.29) is 24.9 Å². The average Bonchev–Trinajstić information content (AvgIpc) is 2.46. The van der Waals surface area contributed by atoms with Gasteiger partial charge in [-0.15, -0.1) is 0 Å². The Morgan fingerprint density at radius 2 is 1.95 bits per heavy atom. The molecule has 21 heavy (non-hydrogen) atoms. The molecule has 1 aromatic carbocycles. The van der Waals surface area contributed by atoms with Crippen LogP contribution in [-0.4, -0.2) is 28.4 Å². The second-order valence-corrected chi connectivity index (χ2v) is 5.76. The Balaban J connectivity index is 1.92. The van der Waals surface area contributed by atoms with Crippen LogP contribution in [0.25, 0.3) is 10.9 Å². The van der Waals surface area contributed by atoms with Crippen LogP contribution in [-0.2, 0) is 11.3 Å². The summed E-state index contributed by atoms with van der Waals surface area (Å²) in [7, 11) is 0. The Morgan fingerprint density at radius 1 is 1.24 bits per heavy atom. The molecule has 0 spiro atoms. The lowest BCUT2D eigenvalue weighted by molar-refractivity contribution is -0.0718. The summed E-state index contributed by atoms with van der Waals surface area (Å²) >= 11 is 0. The maximum absolute atomic E-state index is 9.37. The lowest BCUT2D eigenvalue weighted by atomic mass is 10.0. The summed E-state index contributed by atoms with van der Waals surface area (Å²) in [4.78, 5) is 4.42. The summed E-state index contributed by atoms with van der Waals surface area (Å²) in [6, 6.07) is 9.71. The molecule has 0 bridgehead atoms. The number of hydrogen-bond acceptors (Lipinski definition) is 4. The van der Waals surface area contributed by atoms with Gasteiger partial charge in [0.05, 0.1) is 30.0 Å². The highest BCUT2D eigenvalue weighted by Gasteiger charge is 2.26. The van der Waals surface area contributed by atoms with Gasteiger partial charge in [-0.1, -0.05) is 12.1 Å². The molecule has 0 aliphatic carbocycles. The largest absolute Gasteiger partial charge is 0.489 e. The Labute approximate surface area is 124 Å². The van der Waals surface area contributed by atoms with Gasteiger partial charge in [0.2, 0.25) is 0 Å². The molecule has 0 saturated carbocycles. The van der Waals surface area contributed by atoms with Crippen molar-refractivity contribution in [3.8, 4) is 5.75 Å². The number of fused-ring (bicyclic) bond motifs is 1. The quantitative estimate of drug-likeness (QED) is 0.942. The van der Waals surface area contributed by atoms with Gasteiger partial charge in [-0.05, 0) is 26.0 Å². The van der Waals surface area contributed by atoms with Gasteiger partial charge in [0.25, 0.3) is 0 Å². The Morgan fingerprint density at radius 3 is 2.67 bits per heavy atom. The van der Waals surface area contributed by atoms with Crippen LogP contribution in [0.3, 0.4) is 0 Å². The minimum absolute atomic E-state index is 0.0816. The number of ether oxygens (including phenoxy) is 2. The molecule has 1 saturated heterocycles. The van der Waals surface area contributed by atoms with Crippen LogP contribution in [0.4, 0.5) is 0 Å². The molecule has 0 radical (unpaired) electrons. The molecule has 2 atom stereocenters. The van der Waals surface area contributed by atoms with E-state index in [0.717, 1.165) is 29.5 Å². The topological polar surface area (TPSA) is 51.6 Å². The van der Waals surface area contributed by atoms with Crippen molar-refractivity contribution in [3.05, 3.63) is 36.0 Å². The molecule has 1 aliphatic heterocycles. The maximum atomic E-state index is 9.37. The molecule has 3 rings (SSSR count). The SMILES string of the molecule is CC1CC(Oc2cc(CO)nc3ccccc23)CC(C)O1. The van der Waals surface area contributed by atoms with Crippen LogP contribution in [0.15, 0.2) is 30.3 Å². The number of para-hydroxylation sites is 1. The molecule has 2 unspecified atom stereocenters. The van der Waals surface area contributed by atoms with Crippen molar-refractivity contribution >= 4 is 10.9 Å². The van der Waals surface area contributed by atoms with Gasteiger partial charge < -0.3 is 14.6 Å². The van der Waals surface area contributed by atoms with Crippen LogP contribution in [0.2, 0.25) is 0 Å². The predicted molar refractivity (Wildman–Crippen MR) is 81.3 cm³/mol. The molecule has 2 aromatic rings. The van der Waals surface area contributed by atoms with Crippen LogP contribution >= 0.6 is 0 Å². The van der Waals surface area contributed by atoms with Gasteiger partial charge in [-0.2, -0.15) is 0 Å². The lowest BCUT2D eigenvalue weighted by Crippen LogP contribution is -2.35. The molecule has 4 nitrogen and oxygen atoms in total. The van der Waals surface area contributed by atoms with E-state index in [9.17, 15) is 5.11 Å². The zero-order valence-corrected chi connectivity index (χ0v) is 12.5. The van der Waals surface area contributed by atoms with Crippen LogP contribution in [0.5, 0.6) is 5.75 Å². The van der Waals surface area contributed by atoms with Gasteiger partial charge in [0, 0.05) is 24.3 Å². The summed E-state index contributed by atoms with van der Waals surface area (Å²) in [5.74, 6) is 0.802. The molecule has 1 N–H and O–H groups in total. The fourth-order valence-corrected chi connectivity index (χ4v) is 2.99. The minimum atomic E-state index is -0.0816. The van der Waals surface area contributed by atoms with Gasteiger partial charge in [-0.3, -0.25) is 4.98 Å². The summed E-state index contributed by atoms with van der Waals surface area (Å²) in [5, 5.41) is 10.4. The maximum Gasteiger partial charge on any atom is 0.131 e. The summed E-state index contributed by atoms with van der Waals surface area (Å²) in [6.07, 6.45) is 2.33. The van der Waals surface area contributed by atoms with Crippen molar-refractivity contribution < 1.29 is 14.6 Å². The second-order valence-electron chi connectivity index (χ2n) is 5.76. The molecule has 4 heteroatoms. The third-order valence-corrected chi connectivity index (χ3v) is 3.84. The standard InChI is InChI=1S/C17H21NO3/c1-11-7-14(8-12(2)20-11)21-17-9-13(10-19)18-16-6-4-3-5-15(16)17/h3-6,9,11-12,14,19H,7-8,10H2,1-2H3. The van der Waals surface area contributed by atoms with E-state index in [1.54, 1.807) is 0 Å². The first-order valence-electron chi connectivity index (χ1n) is 7.47. The molecule has 1 aliphatic rings. The highest BCUT2D eigenvalue weighted by atomic mass is 16.5. The highest BCUT2D eigenvalue weighted by Crippen LogP contribution is 2.30. The van der Waals surface area contributed by atoms with Crippen molar-refractivity contribution in [1.29, 1.82) is 0 Å². The summed E-state index contributed by atoms with van der Waals surface area (Å²) < 4.78 is 12.0. The van der Waals surface area contributed by atoms with E-state index in [1.165, 1.54) is 0 Å². The highest BCUT2D eigenvalue weighted by molar-refractivity contribution is 5.85. The first-order chi connectivity index (χ1) is 10.2. The number of pyridine rings is 1. The van der Waals surface area contributed by atoms with Gasteiger partial charge >= 0.3 is 0 Å². The van der Waals surface area contributed by atoms with Crippen LogP contribution < -0.4 is 4.74 Å². The third kappa shape index (κ3) is 3.17. The number of hydrogen-bond donors (Lipinski definition) is 1. The number of aliphatic hydroxyl groups excluding tert-OH is 1. The van der Waals surface area contributed by atoms with Gasteiger partial charge in [0.15, 0.2) is 0 Å². The van der Waals surface area contributed by atoms with Crippen LogP contribution in [0, 0.1) is 0 Å². The van der Waals surface area contributed by atoms with Crippen molar-refractivity contribution in [3.63, 3.8) is 0 Å². The Bertz CT molecular complexity index is 618. The zero-order valence-electron chi connectivity index (χ0n) is 12.5. The van der Waals surface area contributed by atoms with Crippen molar-refractivity contribution in [2.45, 2.75) is 51.6 Å². The minimum Gasteiger partial charge on any atom is -0.489 e. The average molecular weight is 287 g/mol. The first kappa shape index (κ1) is 14.3. The molecule has 1 fully saturated rings. The molecule has 0 amide bonds. The lowest BCUT2D eigenvalue weighted by Gasteiger charge is -2.32. The number of rotatable bonds is 3. The van der Waals surface area contributed by atoms with Gasteiger partial charge in [-0.25, -0.2) is 0 Å². The number of aliphatic hydroxyl groups is 1. The Hall–Kier alpha value is -1.65. The first-order valence-corrected chi connectivity index (χ1v) is 7.47. The fourth-order valence-electron chi connectivity index (χ4n) is 2.99. The number of aromatic nitrogens is 1. The summed E-state index contributed by atoms with van der Waals surface area (Å²) in [5.41, 5.74) is 1.49.